The number of H-pyrrole nitrogens is 1. The minimum Gasteiger partial charge on any atom is -0.492 e. The number of imidazole rings is 1. The molecule has 2 aromatic heterocycles. The minimum absolute atomic E-state index is 0.0295. The van der Waals surface area contributed by atoms with Crippen molar-refractivity contribution in [3.8, 4) is 5.75 Å². The summed E-state index contributed by atoms with van der Waals surface area (Å²) in [5, 5.41) is 15.1. The van der Waals surface area contributed by atoms with Crippen LogP contribution in [0.25, 0.3) is 17.2 Å². The Bertz CT molecular complexity index is 1570. The van der Waals surface area contributed by atoms with Crippen LogP contribution in [0.3, 0.4) is 0 Å². The Morgan fingerprint density at radius 3 is 2.64 bits per heavy atom. The molecule has 0 aliphatic rings. The quantitative estimate of drug-likeness (QED) is 0.200. The van der Waals surface area contributed by atoms with Gasteiger partial charge in [0.05, 0.1) is 22.7 Å². The highest BCUT2D eigenvalue weighted by Crippen LogP contribution is 2.17. The van der Waals surface area contributed by atoms with Crippen molar-refractivity contribution in [2.75, 3.05) is 12.0 Å². The summed E-state index contributed by atoms with van der Waals surface area (Å²) < 4.78 is 8.52. The van der Waals surface area contributed by atoms with E-state index in [0.717, 1.165) is 0 Å². The minimum atomic E-state index is -0.596. The summed E-state index contributed by atoms with van der Waals surface area (Å²) >= 11 is 6.22. The Labute approximate surface area is 208 Å². The third-order valence-electron chi connectivity index (χ3n) is 5.09. The van der Waals surface area contributed by atoms with Gasteiger partial charge in [-0.3, -0.25) is 29.0 Å². The number of aromatic nitrogens is 4. The Balaban J connectivity index is 1.57. The van der Waals surface area contributed by atoms with Gasteiger partial charge >= 0.3 is 5.69 Å². The number of non-ortho nitro benzene ring substituents is 1. The van der Waals surface area contributed by atoms with E-state index in [2.05, 4.69) is 20.5 Å². The molecule has 13 heteroatoms. The van der Waals surface area contributed by atoms with Crippen molar-refractivity contribution in [2.24, 2.45) is 12.1 Å². The molecule has 0 amide bonds. The molecule has 36 heavy (non-hydrogen) atoms. The van der Waals surface area contributed by atoms with Crippen molar-refractivity contribution in [1.29, 1.82) is 0 Å². The lowest BCUT2D eigenvalue weighted by atomic mass is 10.2. The largest absolute Gasteiger partial charge is 0.492 e. The molecule has 0 aliphatic heterocycles. The maximum Gasteiger partial charge on any atom is 0.329 e. The molecule has 0 bridgehead atoms. The molecule has 0 saturated carbocycles. The monoisotopic (exact) mass is 509 g/mol. The Hall–Kier alpha value is -4.71. The van der Waals surface area contributed by atoms with Crippen LogP contribution in [0.15, 0.2) is 74.3 Å². The van der Waals surface area contributed by atoms with Gasteiger partial charge in [-0.15, -0.1) is 0 Å². The van der Waals surface area contributed by atoms with Crippen LogP contribution in [-0.2, 0) is 13.6 Å². The lowest BCUT2D eigenvalue weighted by Gasteiger charge is -2.10. The number of nitrogens with zero attached hydrogens (tertiary/aromatic N) is 5. The summed E-state index contributed by atoms with van der Waals surface area (Å²) in [4.78, 5) is 41.5. The smallest absolute Gasteiger partial charge is 0.329 e. The first-order valence-corrected chi connectivity index (χ1v) is 11.0. The highest BCUT2D eigenvalue weighted by Gasteiger charge is 2.17. The fourth-order valence-corrected chi connectivity index (χ4v) is 3.52. The fraction of sp³-hybridized carbons (Fsp3) is 0.130. The molecule has 2 heterocycles. The Morgan fingerprint density at radius 1 is 1.22 bits per heavy atom. The van der Waals surface area contributed by atoms with Crippen molar-refractivity contribution in [2.45, 2.75) is 6.54 Å². The molecule has 2 aromatic carbocycles. The zero-order chi connectivity index (χ0) is 25.7. The van der Waals surface area contributed by atoms with Gasteiger partial charge in [0, 0.05) is 19.2 Å². The molecule has 4 rings (SSSR count). The van der Waals surface area contributed by atoms with Crippen molar-refractivity contribution in [1.82, 2.24) is 19.1 Å². The number of hydrazone groups is 1. The van der Waals surface area contributed by atoms with E-state index in [1.54, 1.807) is 22.8 Å². The Kier molecular flexibility index (Phi) is 7.25. The van der Waals surface area contributed by atoms with Gasteiger partial charge in [-0.05, 0) is 35.9 Å². The molecule has 184 valence electrons. The summed E-state index contributed by atoms with van der Waals surface area (Å²) in [6.07, 6.45) is 2.89. The maximum atomic E-state index is 12.6. The lowest BCUT2D eigenvalue weighted by molar-refractivity contribution is -0.384. The van der Waals surface area contributed by atoms with Gasteiger partial charge in [0.15, 0.2) is 11.2 Å². The summed E-state index contributed by atoms with van der Waals surface area (Å²) in [5.74, 6) is 0.864. The molecule has 0 aliphatic carbocycles. The van der Waals surface area contributed by atoms with Crippen molar-refractivity contribution in [3.05, 3.63) is 96.1 Å². The SMILES string of the molecule is Cn1c(=O)[nH]c(=O)c2c1nc(N/N=C/C(Cl)=C\c1ccc([N+](=O)[O-])cc1)n2CCOc1ccccc1. The molecule has 12 nitrogen and oxygen atoms in total. The predicted octanol–water partition coefficient (Wildman–Crippen LogP) is 3.09. The maximum absolute atomic E-state index is 12.6. The number of ether oxygens (including phenoxy) is 1. The number of hydrogen-bond acceptors (Lipinski definition) is 8. The Morgan fingerprint density at radius 2 is 1.94 bits per heavy atom. The molecule has 4 aromatic rings. The molecule has 0 spiro atoms. The van der Waals surface area contributed by atoms with E-state index in [4.69, 9.17) is 16.3 Å². The van der Waals surface area contributed by atoms with Crippen LogP contribution in [0.5, 0.6) is 5.75 Å². The van der Waals surface area contributed by atoms with Crippen LogP contribution in [0.4, 0.5) is 11.6 Å². The highest BCUT2D eigenvalue weighted by atomic mass is 35.5. The number of anilines is 1. The number of rotatable bonds is 9. The summed E-state index contributed by atoms with van der Waals surface area (Å²) in [5.41, 5.74) is 2.53. The van der Waals surface area contributed by atoms with Crippen molar-refractivity contribution in [3.63, 3.8) is 0 Å². The molecule has 0 unspecified atom stereocenters. The number of nitrogens with one attached hydrogen (secondary N) is 2. The third kappa shape index (κ3) is 5.50. The number of allylic oxidation sites excluding steroid dienone is 1. The topological polar surface area (TPSA) is 149 Å². The number of hydrogen-bond donors (Lipinski definition) is 2. The molecule has 0 saturated heterocycles. The van der Waals surface area contributed by atoms with E-state index in [0.29, 0.717) is 11.3 Å². The van der Waals surface area contributed by atoms with E-state index in [9.17, 15) is 19.7 Å². The van der Waals surface area contributed by atoms with Gasteiger partial charge in [-0.2, -0.15) is 10.1 Å². The van der Waals surface area contributed by atoms with Gasteiger partial charge in [0.2, 0.25) is 5.95 Å². The van der Waals surface area contributed by atoms with Gasteiger partial charge in [0.1, 0.15) is 12.4 Å². The first-order chi connectivity index (χ1) is 17.3. The van der Waals surface area contributed by atoms with Crippen molar-refractivity contribution < 1.29 is 9.66 Å². The number of aryl methyl sites for hydroxylation is 1. The standard InChI is InChI=1S/C23H20ClN7O5/c1-29-20-19(21(32)27-23(29)33)30(11-12-36-18-5-3-2-4-6-18)22(26-20)28-25-14-16(24)13-15-7-9-17(10-8-15)31(34)35/h2-10,13-14H,11-12H2,1H3,(H,26,28)(H,27,32,33)/b16-13+,25-14+. The van der Waals surface area contributed by atoms with E-state index in [-0.39, 0.29) is 41.0 Å². The molecule has 0 radical (unpaired) electrons. The fourth-order valence-electron chi connectivity index (χ4n) is 3.35. The number of fused-ring (bicyclic) bond motifs is 1. The number of benzene rings is 2. The van der Waals surface area contributed by atoms with Crippen LogP contribution in [0.2, 0.25) is 0 Å². The van der Waals surface area contributed by atoms with Gasteiger partial charge in [0.25, 0.3) is 11.2 Å². The normalized spacial score (nSPS) is 11.8. The average Bonchev–Trinajstić information content (AvgIpc) is 3.22. The third-order valence-corrected chi connectivity index (χ3v) is 5.30. The molecular weight excluding hydrogens is 490 g/mol. The van der Waals surface area contributed by atoms with E-state index < -0.39 is 16.2 Å². The molecule has 0 atom stereocenters. The van der Waals surface area contributed by atoms with Gasteiger partial charge < -0.3 is 4.74 Å². The zero-order valence-electron chi connectivity index (χ0n) is 18.9. The predicted molar refractivity (Wildman–Crippen MR) is 137 cm³/mol. The van der Waals surface area contributed by atoms with Crippen LogP contribution < -0.4 is 21.4 Å². The molecule has 0 fully saturated rings. The summed E-state index contributed by atoms with van der Waals surface area (Å²) in [6.45, 7) is 0.452. The molecular formula is C23H20ClN7O5. The number of halogens is 1. The van der Waals surface area contributed by atoms with Crippen molar-refractivity contribution >= 4 is 46.7 Å². The second-order valence-electron chi connectivity index (χ2n) is 7.49. The van der Waals surface area contributed by atoms with Crippen LogP contribution >= 0.6 is 11.6 Å². The number of para-hydroxylation sites is 1. The van der Waals surface area contributed by atoms with Gasteiger partial charge in [-0.25, -0.2) is 10.2 Å². The van der Waals surface area contributed by atoms with Crippen LogP contribution in [-0.4, -0.2) is 36.8 Å². The van der Waals surface area contributed by atoms with E-state index in [1.807, 2.05) is 30.3 Å². The molecule has 2 N–H and O–H groups in total. The highest BCUT2D eigenvalue weighted by molar-refractivity contribution is 6.41. The van der Waals surface area contributed by atoms with Crippen LogP contribution in [0.1, 0.15) is 5.56 Å². The van der Waals surface area contributed by atoms with E-state index in [1.165, 1.54) is 30.0 Å². The van der Waals surface area contributed by atoms with E-state index >= 15 is 0 Å². The summed E-state index contributed by atoms with van der Waals surface area (Å²) in [7, 11) is 1.50. The van der Waals surface area contributed by atoms with Crippen LogP contribution in [0, 0.1) is 10.1 Å². The number of nitro groups is 1. The first kappa shape index (κ1) is 24.4. The number of nitro benzene ring substituents is 1. The zero-order valence-corrected chi connectivity index (χ0v) is 19.7. The van der Waals surface area contributed by atoms with Gasteiger partial charge in [-0.1, -0.05) is 29.8 Å². The second kappa shape index (κ2) is 10.7. The second-order valence-corrected chi connectivity index (χ2v) is 7.92. The first-order valence-electron chi connectivity index (χ1n) is 10.6. The lowest BCUT2D eigenvalue weighted by Crippen LogP contribution is -2.29. The average molecular weight is 510 g/mol. The summed E-state index contributed by atoms with van der Waals surface area (Å²) in [6, 6.07) is 15.0. The number of aromatic amines is 1.